The molecule has 0 fully saturated rings. The van der Waals surface area contributed by atoms with Crippen molar-refractivity contribution in [2.75, 3.05) is 157 Å². The number of hydrogen-bond donors (Lipinski definition) is 12. The SMILES string of the molecule is CC(=N)N1C(=N)[C@H](CC(=O)Nc2ccc(OCCOCCOCCOCCOCCOCCC(=O)NCCCN(C)CCCNC(=O)CCNC(=O)c3nc(NC(=O)CCNC(=O)c4cc(NC(=O)c5nc(NC(=O)CCNC(=O)c6cc(NC(=O)c7nccn7C)cn6C)cn5C)cn4C)cn3C)cc2)N=C(c2ccc(Cl)cc2)c2c1sc(C)c2C. The van der Waals surface area contributed by atoms with Gasteiger partial charge in [0.1, 0.15) is 46.5 Å². The van der Waals surface area contributed by atoms with Gasteiger partial charge in [-0.05, 0) is 108 Å². The van der Waals surface area contributed by atoms with Gasteiger partial charge in [0, 0.05) is 158 Å². The molecule has 0 spiro atoms. The Kier molecular flexibility index (Phi) is 36.1. The van der Waals surface area contributed by atoms with Crippen LogP contribution in [0.1, 0.15) is 126 Å². The fourth-order valence-electron chi connectivity index (χ4n) is 12.4. The van der Waals surface area contributed by atoms with E-state index in [-0.39, 0.29) is 134 Å². The molecule has 41 heteroatoms. The Morgan fingerprint density at radius 1 is 0.508 bits per heavy atom. The van der Waals surface area contributed by atoms with E-state index in [1.54, 1.807) is 100 Å². The molecule has 8 aromatic rings. The van der Waals surface area contributed by atoms with Crippen molar-refractivity contribution < 1.29 is 76.4 Å². The third kappa shape index (κ3) is 28.7. The zero-order valence-electron chi connectivity index (χ0n) is 69.7. The highest BCUT2D eigenvalue weighted by Gasteiger charge is 2.35. The van der Waals surface area contributed by atoms with Crippen molar-refractivity contribution in [3.05, 3.63) is 153 Å². The van der Waals surface area contributed by atoms with Gasteiger partial charge in [0.15, 0.2) is 17.5 Å². The number of imidazole rings is 3. The molecule has 0 saturated carbocycles. The van der Waals surface area contributed by atoms with Crippen LogP contribution in [0.3, 0.4) is 0 Å². The lowest BCUT2D eigenvalue weighted by atomic mass is 9.99. The number of nitrogens with zero attached hydrogens (tertiary/aromatic N) is 11. The van der Waals surface area contributed by atoms with E-state index >= 15 is 0 Å². The minimum atomic E-state index is -0.862. The molecule has 0 aliphatic carbocycles. The summed E-state index contributed by atoms with van der Waals surface area (Å²) >= 11 is 7.72. The molecule has 12 N–H and O–H groups in total. The van der Waals surface area contributed by atoms with Crippen molar-refractivity contribution in [3.8, 4) is 5.75 Å². The Hall–Kier alpha value is -12.3. The summed E-state index contributed by atoms with van der Waals surface area (Å²) in [6, 6.07) is 16.4. The molecule has 10 amide bonds. The number of rotatable bonds is 49. The van der Waals surface area contributed by atoms with E-state index in [0.717, 1.165) is 39.5 Å². The maximum Gasteiger partial charge on any atom is 0.291 e. The summed E-state index contributed by atoms with van der Waals surface area (Å²) in [5, 5.41) is 46.4. The minimum absolute atomic E-state index is 0.00536. The summed E-state index contributed by atoms with van der Waals surface area (Å²) in [5.74, 6) is -3.23. The molecule has 2 aromatic carbocycles. The van der Waals surface area contributed by atoms with E-state index in [1.807, 2.05) is 33.0 Å². The Morgan fingerprint density at radius 3 is 1.49 bits per heavy atom. The van der Waals surface area contributed by atoms with Crippen LogP contribution in [-0.4, -0.2) is 251 Å². The number of fused-ring (bicyclic) bond motifs is 1. The summed E-state index contributed by atoms with van der Waals surface area (Å²) in [5.41, 5.74) is 4.89. The highest BCUT2D eigenvalue weighted by molar-refractivity contribution is 7.17. The predicted octanol–water partition coefficient (Wildman–Crippen LogP) is 5.56. The van der Waals surface area contributed by atoms with Crippen molar-refractivity contribution in [1.82, 2.24) is 69.3 Å². The van der Waals surface area contributed by atoms with Crippen LogP contribution >= 0.6 is 22.9 Å². The highest BCUT2D eigenvalue weighted by Crippen LogP contribution is 2.40. The van der Waals surface area contributed by atoms with Gasteiger partial charge in [-0.25, -0.2) is 15.0 Å². The van der Waals surface area contributed by atoms with Crippen molar-refractivity contribution >= 4 is 133 Å². The quantitative estimate of drug-likeness (QED) is 0.0126. The Labute approximate surface area is 714 Å². The van der Waals surface area contributed by atoms with E-state index < -0.39 is 47.4 Å². The second kappa shape index (κ2) is 47.0. The number of carbonyl (C=O) groups is 10. The van der Waals surface area contributed by atoms with Crippen LogP contribution in [0.4, 0.5) is 33.7 Å². The molecular formula is C81H106ClN23O16S. The van der Waals surface area contributed by atoms with E-state index in [2.05, 4.69) is 73.0 Å². The lowest BCUT2D eigenvalue weighted by Gasteiger charge is -2.24. The molecule has 9 rings (SSSR count). The van der Waals surface area contributed by atoms with Gasteiger partial charge < -0.3 is 109 Å². The number of benzene rings is 2. The number of carbonyl (C=O) groups excluding carboxylic acids is 10. The van der Waals surface area contributed by atoms with Crippen LogP contribution < -0.4 is 62.8 Å². The molecule has 1 aliphatic heterocycles. The molecule has 1 atom stereocenters. The Balaban J connectivity index is 0.516. The van der Waals surface area contributed by atoms with E-state index in [4.69, 9.17) is 50.4 Å². The average molecular weight is 1730 g/mol. The van der Waals surface area contributed by atoms with Gasteiger partial charge in [0.25, 0.3) is 29.5 Å². The van der Waals surface area contributed by atoms with Gasteiger partial charge in [-0.3, -0.25) is 68.7 Å². The highest BCUT2D eigenvalue weighted by atomic mass is 35.5. The number of amidine groups is 2. The number of anilines is 6. The Morgan fingerprint density at radius 2 is 0.984 bits per heavy atom. The topological polar surface area (TPSA) is 476 Å². The lowest BCUT2D eigenvalue weighted by molar-refractivity contribution is -0.122. The summed E-state index contributed by atoms with van der Waals surface area (Å²) in [7, 11) is 10.0. The zero-order valence-corrected chi connectivity index (χ0v) is 71.3. The third-order valence-corrected chi connectivity index (χ3v) is 20.2. The molecule has 6 aromatic heterocycles. The number of aromatic nitrogens is 8. The fourth-order valence-corrected chi connectivity index (χ4v) is 13.8. The summed E-state index contributed by atoms with van der Waals surface area (Å²) in [6.07, 6.45) is 10.4. The van der Waals surface area contributed by atoms with Crippen molar-refractivity contribution in [2.24, 2.45) is 40.2 Å². The summed E-state index contributed by atoms with van der Waals surface area (Å²) in [4.78, 5) is 151. The molecule has 0 radical (unpaired) electrons. The zero-order chi connectivity index (χ0) is 87.8. The molecule has 122 heavy (non-hydrogen) atoms. The van der Waals surface area contributed by atoms with Crippen LogP contribution in [0, 0.1) is 24.7 Å². The number of aryl methyl sites for hydroxylation is 6. The normalized spacial score (nSPS) is 12.4. The smallest absolute Gasteiger partial charge is 0.291 e. The molecule has 0 unspecified atom stereocenters. The van der Waals surface area contributed by atoms with Gasteiger partial charge in [-0.15, -0.1) is 11.3 Å². The number of aliphatic imine (C=N–C) groups is 1. The van der Waals surface area contributed by atoms with Crippen LogP contribution in [0.15, 0.2) is 103 Å². The average Bonchev–Trinajstić information content (AvgIpc) is 1.60. The van der Waals surface area contributed by atoms with Crippen LogP contribution in [0.5, 0.6) is 5.75 Å². The molecule has 0 saturated heterocycles. The second-order valence-electron chi connectivity index (χ2n) is 28.4. The van der Waals surface area contributed by atoms with Crippen LogP contribution in [0.2, 0.25) is 5.02 Å². The van der Waals surface area contributed by atoms with Crippen molar-refractivity contribution in [3.63, 3.8) is 0 Å². The van der Waals surface area contributed by atoms with Crippen LogP contribution in [-0.2, 0) is 82.9 Å². The van der Waals surface area contributed by atoms with Gasteiger partial charge in [0.05, 0.1) is 89.6 Å². The molecule has 39 nitrogen and oxygen atoms in total. The number of amides is 10. The predicted molar refractivity (Wildman–Crippen MR) is 459 cm³/mol. The summed E-state index contributed by atoms with van der Waals surface area (Å²) in [6.45, 7) is 11.9. The fraction of sp³-hybridized carbons (Fsp3) is 0.432. The van der Waals surface area contributed by atoms with Gasteiger partial charge in [-0.2, -0.15) is 0 Å². The van der Waals surface area contributed by atoms with E-state index in [0.29, 0.717) is 120 Å². The van der Waals surface area contributed by atoms with Gasteiger partial charge in [-0.1, -0.05) is 23.7 Å². The molecule has 0 bridgehead atoms. The largest absolute Gasteiger partial charge is 0.491 e. The minimum Gasteiger partial charge on any atom is -0.491 e. The number of hydrogen-bond acceptors (Lipinski definition) is 24. The first-order valence-electron chi connectivity index (χ1n) is 39.5. The van der Waals surface area contributed by atoms with Crippen LogP contribution in [0.25, 0.3) is 0 Å². The lowest BCUT2D eigenvalue weighted by Crippen LogP contribution is -2.41. The number of thiophene rings is 1. The second-order valence-corrected chi connectivity index (χ2v) is 30.0. The Bertz CT molecular complexity index is 5010. The number of halogens is 1. The number of nitrogens with one attached hydrogen (secondary N) is 12. The van der Waals surface area contributed by atoms with E-state index in [1.165, 1.54) is 66.5 Å². The third-order valence-electron chi connectivity index (χ3n) is 18.8. The molecule has 1 aliphatic rings. The number of ether oxygens (including phenoxy) is 6. The molecular weight excluding hydrogens is 1620 g/mol. The van der Waals surface area contributed by atoms with Gasteiger partial charge in [0.2, 0.25) is 41.2 Å². The monoisotopic (exact) mass is 1720 g/mol. The maximum atomic E-state index is 13.5. The van der Waals surface area contributed by atoms with E-state index in [9.17, 15) is 53.4 Å². The molecule has 7 heterocycles. The van der Waals surface area contributed by atoms with Crippen molar-refractivity contribution in [2.45, 2.75) is 71.8 Å². The molecule has 654 valence electrons. The van der Waals surface area contributed by atoms with Crippen molar-refractivity contribution in [1.29, 1.82) is 10.8 Å². The maximum absolute atomic E-state index is 13.5. The van der Waals surface area contributed by atoms with Gasteiger partial charge >= 0.3 is 0 Å². The standard InChI is InChI=1S/C81H106ClN23O16S/c1-51-52(2)122-81-70(51)71(54-12-14-55(82)15-13-54)94-60(72(84)105(81)53(3)83)46-69(110)91-56-16-18-59(19-17-56)121-43-42-120-41-40-119-39-38-118-37-36-117-35-34-116-33-23-66(107)86-25-11-31-99(4)30-10-24-85-65(106)20-26-90-78(113)74-97-63(49-103(74)8)95-67(108)21-27-89-77(112)62-45-58(48-102(62)7)93-80(115)75-98-64(50-104(75)9)96-68(109)22-28-88-76(111)61-44-57(47-101(61)6)92-79(114)73-87-29-32-100(73)5/h12-19,29,32,44-45,47-50,60,83-84H,10-11,20-28,30-31,33-43,46H2,1-9H3,(H,85,106)(H,86,107)(H,88,111)(H,89,112)(H,90,113)(H,91,110)(H,92,114)(H,93,115)(H,95,108)(H,96,109)/t60-/m0/s1. The first kappa shape index (κ1) is 93.6. The first-order valence-corrected chi connectivity index (χ1v) is 40.7. The summed E-state index contributed by atoms with van der Waals surface area (Å²) < 4.78 is 41.1. The first-order chi connectivity index (χ1) is 58.6.